The van der Waals surface area contributed by atoms with Crippen LogP contribution in [-0.4, -0.2) is 15.3 Å². The molecule has 0 atom stereocenters. The third-order valence-electron chi connectivity index (χ3n) is 1.98. The summed E-state index contributed by atoms with van der Waals surface area (Å²) in [4.78, 5) is 16.0. The van der Waals surface area contributed by atoms with Gasteiger partial charge in [-0.25, -0.2) is 4.98 Å². The molecule has 0 fully saturated rings. The average molecular weight is 212 g/mol. The van der Waals surface area contributed by atoms with E-state index < -0.39 is 0 Å². The van der Waals surface area contributed by atoms with Crippen LogP contribution in [0.25, 0.3) is 0 Å². The zero-order valence-electron chi connectivity index (χ0n) is 9.07. The number of aromatic nitrogens is 2. The van der Waals surface area contributed by atoms with Gasteiger partial charge in [-0.1, -0.05) is 32.5 Å². The second kappa shape index (κ2) is 4.64. The number of nitrogens with zero attached hydrogens (tertiary/aromatic N) is 2. The summed E-state index contributed by atoms with van der Waals surface area (Å²) in [6.45, 7) is 6.14. The van der Waals surface area contributed by atoms with E-state index in [1.807, 2.05) is 13.8 Å². The number of rotatable bonds is 3. The lowest BCUT2D eigenvalue weighted by Gasteiger charge is -2.09. The molecule has 78 valence electrons. The van der Waals surface area contributed by atoms with Gasteiger partial charge in [0, 0.05) is 13.1 Å². The van der Waals surface area contributed by atoms with Crippen molar-refractivity contribution in [2.45, 2.75) is 31.8 Å². The van der Waals surface area contributed by atoms with Crippen LogP contribution >= 0.6 is 11.8 Å². The lowest BCUT2D eigenvalue weighted by atomic mass is 10.1. The molecule has 0 radical (unpaired) electrons. The Hall–Kier alpha value is -0.770. The van der Waals surface area contributed by atoms with Crippen LogP contribution in [0.1, 0.15) is 32.4 Å². The number of thioether (sulfide) groups is 1. The molecule has 1 rings (SSSR count). The molecule has 0 aliphatic carbocycles. The molecular weight excluding hydrogens is 196 g/mol. The van der Waals surface area contributed by atoms with Crippen LogP contribution in [0.5, 0.6) is 0 Å². The monoisotopic (exact) mass is 212 g/mol. The summed E-state index contributed by atoms with van der Waals surface area (Å²) >= 11 is 1.60. The van der Waals surface area contributed by atoms with Gasteiger partial charge in [-0.3, -0.25) is 9.36 Å². The minimum absolute atomic E-state index is 0.0275. The maximum atomic E-state index is 11.5. The van der Waals surface area contributed by atoms with Crippen molar-refractivity contribution in [3.63, 3.8) is 0 Å². The number of hydrogen-bond donors (Lipinski definition) is 0. The van der Waals surface area contributed by atoms with E-state index in [1.165, 1.54) is 0 Å². The molecule has 0 bridgehead atoms. The lowest BCUT2D eigenvalue weighted by Crippen LogP contribution is -2.20. The van der Waals surface area contributed by atoms with Crippen LogP contribution in [0.3, 0.4) is 0 Å². The molecule has 0 aromatic carbocycles. The Morgan fingerprint density at radius 1 is 1.57 bits per heavy atom. The molecule has 14 heavy (non-hydrogen) atoms. The van der Waals surface area contributed by atoms with E-state index in [4.69, 9.17) is 0 Å². The van der Waals surface area contributed by atoms with Gasteiger partial charge in [0.15, 0.2) is 5.16 Å². The van der Waals surface area contributed by atoms with Gasteiger partial charge in [0.2, 0.25) is 0 Å². The van der Waals surface area contributed by atoms with E-state index in [-0.39, 0.29) is 5.56 Å². The molecule has 0 saturated carbocycles. The minimum Gasteiger partial charge on any atom is -0.291 e. The molecule has 1 heterocycles. The van der Waals surface area contributed by atoms with Gasteiger partial charge in [-0.15, -0.1) is 0 Å². The van der Waals surface area contributed by atoms with Crippen molar-refractivity contribution in [2.24, 2.45) is 7.05 Å². The quantitative estimate of drug-likeness (QED) is 0.568. The minimum atomic E-state index is 0.0275. The molecule has 0 aliphatic heterocycles. The van der Waals surface area contributed by atoms with Crippen LogP contribution in [-0.2, 0) is 7.05 Å². The fraction of sp³-hybridized carbons (Fsp3) is 0.600. The first-order valence-corrected chi connectivity index (χ1v) is 5.75. The van der Waals surface area contributed by atoms with Crippen LogP contribution in [0, 0.1) is 0 Å². The van der Waals surface area contributed by atoms with E-state index >= 15 is 0 Å². The summed E-state index contributed by atoms with van der Waals surface area (Å²) in [5.74, 6) is 1.24. The Morgan fingerprint density at radius 3 is 2.71 bits per heavy atom. The third-order valence-corrected chi connectivity index (χ3v) is 2.89. The van der Waals surface area contributed by atoms with Gasteiger partial charge in [-0.05, 0) is 11.7 Å². The third kappa shape index (κ3) is 2.38. The molecule has 0 aliphatic rings. The molecule has 0 spiro atoms. The first kappa shape index (κ1) is 11.3. The highest BCUT2D eigenvalue weighted by Gasteiger charge is 2.07. The highest BCUT2D eigenvalue weighted by atomic mass is 32.2. The van der Waals surface area contributed by atoms with Crippen LogP contribution in [0.4, 0.5) is 0 Å². The maximum absolute atomic E-state index is 11.5. The fourth-order valence-corrected chi connectivity index (χ4v) is 1.80. The Kier molecular flexibility index (Phi) is 3.75. The fourth-order valence-electron chi connectivity index (χ4n) is 1.09. The van der Waals surface area contributed by atoms with Gasteiger partial charge < -0.3 is 0 Å². The van der Waals surface area contributed by atoms with Crippen molar-refractivity contribution in [3.8, 4) is 0 Å². The molecule has 0 saturated heterocycles. The summed E-state index contributed by atoms with van der Waals surface area (Å²) in [6.07, 6.45) is 0. The van der Waals surface area contributed by atoms with Crippen molar-refractivity contribution >= 4 is 11.8 Å². The van der Waals surface area contributed by atoms with Gasteiger partial charge in [0.25, 0.3) is 5.56 Å². The molecular formula is C10H16N2OS. The van der Waals surface area contributed by atoms with Crippen LogP contribution in [0.2, 0.25) is 0 Å². The molecule has 0 unspecified atom stereocenters. The summed E-state index contributed by atoms with van der Waals surface area (Å²) in [7, 11) is 1.76. The van der Waals surface area contributed by atoms with Gasteiger partial charge >= 0.3 is 0 Å². The van der Waals surface area contributed by atoms with Crippen molar-refractivity contribution < 1.29 is 0 Å². The normalized spacial score (nSPS) is 10.9. The zero-order chi connectivity index (χ0) is 10.7. The Balaban J connectivity index is 3.21. The molecule has 1 aromatic heterocycles. The molecule has 3 nitrogen and oxygen atoms in total. The Labute approximate surface area is 88.6 Å². The SMILES string of the molecule is CCSc1nc(C(C)C)cc(=O)n1C. The zero-order valence-corrected chi connectivity index (χ0v) is 9.89. The van der Waals surface area contributed by atoms with Gasteiger partial charge in [0.05, 0.1) is 5.69 Å². The van der Waals surface area contributed by atoms with Gasteiger partial charge in [-0.2, -0.15) is 0 Å². The van der Waals surface area contributed by atoms with Crippen LogP contribution < -0.4 is 5.56 Å². The van der Waals surface area contributed by atoms with E-state index in [2.05, 4.69) is 11.9 Å². The summed E-state index contributed by atoms with van der Waals surface area (Å²) in [6, 6.07) is 1.62. The largest absolute Gasteiger partial charge is 0.291 e. The molecule has 4 heteroatoms. The summed E-state index contributed by atoms with van der Waals surface area (Å²) in [5, 5.41) is 0.809. The second-order valence-corrected chi connectivity index (χ2v) is 4.68. The highest BCUT2D eigenvalue weighted by Crippen LogP contribution is 2.16. The summed E-state index contributed by atoms with van der Waals surface area (Å²) in [5.41, 5.74) is 0.906. The Morgan fingerprint density at radius 2 is 2.21 bits per heavy atom. The predicted octanol–water partition coefficient (Wildman–Crippen LogP) is 2.02. The second-order valence-electron chi connectivity index (χ2n) is 3.45. The standard InChI is InChI=1S/C10H16N2OS/c1-5-14-10-11-8(7(2)3)6-9(13)12(10)4/h6-7H,5H2,1-4H3. The van der Waals surface area contributed by atoms with E-state index in [9.17, 15) is 4.79 Å². The average Bonchev–Trinajstić information content (AvgIpc) is 2.12. The van der Waals surface area contributed by atoms with Crippen molar-refractivity contribution in [3.05, 3.63) is 22.1 Å². The van der Waals surface area contributed by atoms with Crippen LogP contribution in [0.15, 0.2) is 16.0 Å². The Bertz CT molecular complexity index is 371. The first-order valence-electron chi connectivity index (χ1n) is 4.77. The van der Waals surface area contributed by atoms with Crippen molar-refractivity contribution in [1.29, 1.82) is 0 Å². The maximum Gasteiger partial charge on any atom is 0.254 e. The van der Waals surface area contributed by atoms with Crippen molar-refractivity contribution in [2.75, 3.05) is 5.75 Å². The topological polar surface area (TPSA) is 34.9 Å². The molecule has 0 N–H and O–H groups in total. The first-order chi connectivity index (χ1) is 6.56. The lowest BCUT2D eigenvalue weighted by molar-refractivity contribution is 0.669. The summed E-state index contributed by atoms with van der Waals surface area (Å²) < 4.78 is 1.60. The highest BCUT2D eigenvalue weighted by molar-refractivity contribution is 7.99. The number of hydrogen-bond acceptors (Lipinski definition) is 3. The van der Waals surface area contributed by atoms with Gasteiger partial charge in [0.1, 0.15) is 0 Å². The van der Waals surface area contributed by atoms with E-state index in [1.54, 1.807) is 29.4 Å². The molecule has 1 aromatic rings. The smallest absolute Gasteiger partial charge is 0.254 e. The van der Waals surface area contributed by atoms with E-state index in [0.717, 1.165) is 16.6 Å². The van der Waals surface area contributed by atoms with Crippen molar-refractivity contribution in [1.82, 2.24) is 9.55 Å². The van der Waals surface area contributed by atoms with E-state index in [0.29, 0.717) is 5.92 Å². The predicted molar refractivity (Wildman–Crippen MR) is 60.0 cm³/mol. The molecule has 0 amide bonds.